The lowest BCUT2D eigenvalue weighted by Gasteiger charge is -2.22. The summed E-state index contributed by atoms with van der Waals surface area (Å²) < 4.78 is 10.6. The van der Waals surface area contributed by atoms with Crippen molar-refractivity contribution in [2.45, 2.75) is 6.10 Å². The van der Waals surface area contributed by atoms with Gasteiger partial charge in [0, 0.05) is 11.1 Å². The summed E-state index contributed by atoms with van der Waals surface area (Å²) in [5, 5.41) is 11.0. The summed E-state index contributed by atoms with van der Waals surface area (Å²) in [6, 6.07) is 22.0. The Labute approximate surface area is 162 Å². The Morgan fingerprint density at radius 2 is 1.29 bits per heavy atom. The maximum Gasteiger partial charge on any atom is 0.231 e. The van der Waals surface area contributed by atoms with Gasteiger partial charge in [-0.2, -0.15) is 0 Å². The summed E-state index contributed by atoms with van der Waals surface area (Å²) in [5.41, 5.74) is 1.16. The summed E-state index contributed by atoms with van der Waals surface area (Å²) in [4.78, 5) is 26.3. The number of hydrogen-bond donors (Lipinski definition) is 1. The zero-order valence-electron chi connectivity index (χ0n) is 14.9. The molecule has 5 nitrogen and oxygen atoms in total. The van der Waals surface area contributed by atoms with Crippen LogP contribution in [0.5, 0.6) is 11.5 Å². The topological polar surface area (TPSA) is 72.8 Å². The number of carbonyl (C=O) groups excluding carboxylic acids is 2. The van der Waals surface area contributed by atoms with Crippen molar-refractivity contribution in [2.75, 3.05) is 6.79 Å². The van der Waals surface area contributed by atoms with Crippen molar-refractivity contribution in [3.05, 3.63) is 95.6 Å². The molecular formula is C23H18O5. The van der Waals surface area contributed by atoms with Gasteiger partial charge in [-0.1, -0.05) is 66.7 Å². The average Bonchev–Trinajstić information content (AvgIpc) is 3.22. The van der Waals surface area contributed by atoms with Crippen LogP contribution in [-0.2, 0) is 0 Å². The Morgan fingerprint density at radius 1 is 0.750 bits per heavy atom. The molecule has 0 fully saturated rings. The highest BCUT2D eigenvalue weighted by molar-refractivity contribution is 6.16. The molecule has 0 spiro atoms. The summed E-state index contributed by atoms with van der Waals surface area (Å²) >= 11 is 0. The van der Waals surface area contributed by atoms with Crippen molar-refractivity contribution < 1.29 is 24.2 Å². The van der Waals surface area contributed by atoms with E-state index in [2.05, 4.69) is 0 Å². The molecule has 4 rings (SSSR count). The number of fused-ring (bicyclic) bond motifs is 1. The molecule has 28 heavy (non-hydrogen) atoms. The van der Waals surface area contributed by atoms with Crippen LogP contribution in [0.2, 0.25) is 0 Å². The van der Waals surface area contributed by atoms with Gasteiger partial charge in [0.05, 0.1) is 6.10 Å². The first-order chi connectivity index (χ1) is 13.6. The molecule has 0 saturated carbocycles. The Bertz CT molecular complexity index is 947. The molecule has 3 aromatic carbocycles. The zero-order chi connectivity index (χ0) is 19.5. The van der Waals surface area contributed by atoms with Gasteiger partial charge in [0.1, 0.15) is 5.92 Å². The molecule has 0 bridgehead atoms. The van der Waals surface area contributed by atoms with Crippen molar-refractivity contribution in [1.82, 2.24) is 0 Å². The first kappa shape index (κ1) is 17.9. The summed E-state index contributed by atoms with van der Waals surface area (Å²) in [6.07, 6.45) is -1.32. The van der Waals surface area contributed by atoms with Crippen LogP contribution in [0.1, 0.15) is 32.4 Å². The number of aliphatic hydroxyl groups excluding tert-OH is 1. The first-order valence-electron chi connectivity index (χ1n) is 8.91. The van der Waals surface area contributed by atoms with Gasteiger partial charge in [-0.15, -0.1) is 0 Å². The van der Waals surface area contributed by atoms with Crippen LogP contribution < -0.4 is 9.47 Å². The maximum absolute atomic E-state index is 13.2. The minimum Gasteiger partial charge on any atom is -0.454 e. The third kappa shape index (κ3) is 3.40. The van der Waals surface area contributed by atoms with E-state index < -0.39 is 23.6 Å². The number of Topliss-reactive ketones (excluding diaryl/α,β-unsaturated/α-hetero) is 2. The van der Waals surface area contributed by atoms with E-state index >= 15 is 0 Å². The van der Waals surface area contributed by atoms with Gasteiger partial charge >= 0.3 is 0 Å². The van der Waals surface area contributed by atoms with Gasteiger partial charge in [0.15, 0.2) is 23.1 Å². The lowest BCUT2D eigenvalue weighted by atomic mass is 9.83. The van der Waals surface area contributed by atoms with Crippen molar-refractivity contribution >= 4 is 11.6 Å². The smallest absolute Gasteiger partial charge is 0.231 e. The fourth-order valence-corrected chi connectivity index (χ4v) is 3.26. The molecule has 1 aliphatic heterocycles. The molecular weight excluding hydrogens is 356 g/mol. The monoisotopic (exact) mass is 374 g/mol. The highest BCUT2D eigenvalue weighted by atomic mass is 16.7. The minimum absolute atomic E-state index is 0.101. The SMILES string of the molecule is O=C(c1ccccc1)C(C(=O)c1ccccc1)C(O)c1ccc2c(c1)OCO2. The first-order valence-corrected chi connectivity index (χ1v) is 8.91. The van der Waals surface area contributed by atoms with E-state index in [1.807, 2.05) is 0 Å². The molecule has 140 valence electrons. The van der Waals surface area contributed by atoms with Crippen molar-refractivity contribution in [3.8, 4) is 11.5 Å². The van der Waals surface area contributed by atoms with E-state index in [-0.39, 0.29) is 6.79 Å². The molecule has 5 heteroatoms. The summed E-state index contributed by atoms with van der Waals surface area (Å²) in [6.45, 7) is 0.101. The second kappa shape index (κ2) is 7.66. The van der Waals surface area contributed by atoms with E-state index in [9.17, 15) is 14.7 Å². The minimum atomic E-state index is -1.32. The molecule has 1 heterocycles. The molecule has 1 unspecified atom stereocenters. The van der Waals surface area contributed by atoms with Crippen LogP contribution >= 0.6 is 0 Å². The number of aliphatic hydroxyl groups is 1. The van der Waals surface area contributed by atoms with Gasteiger partial charge in [-0.3, -0.25) is 9.59 Å². The number of carbonyl (C=O) groups is 2. The summed E-state index contributed by atoms with van der Waals surface area (Å²) in [7, 11) is 0. The van der Waals surface area contributed by atoms with Crippen LogP contribution in [0, 0.1) is 5.92 Å². The van der Waals surface area contributed by atoms with Crippen molar-refractivity contribution in [1.29, 1.82) is 0 Å². The van der Waals surface area contributed by atoms with E-state index in [1.54, 1.807) is 78.9 Å². The molecule has 0 radical (unpaired) electrons. The van der Waals surface area contributed by atoms with Gasteiger partial charge in [0.25, 0.3) is 0 Å². The third-order valence-electron chi connectivity index (χ3n) is 4.74. The fraction of sp³-hybridized carbons (Fsp3) is 0.130. The van der Waals surface area contributed by atoms with Gasteiger partial charge in [-0.05, 0) is 17.7 Å². The molecule has 3 aromatic rings. The molecule has 0 aliphatic carbocycles. The number of ether oxygens (including phenoxy) is 2. The van der Waals surface area contributed by atoms with Crippen LogP contribution in [0.15, 0.2) is 78.9 Å². The van der Waals surface area contributed by atoms with Crippen LogP contribution in [-0.4, -0.2) is 23.5 Å². The van der Waals surface area contributed by atoms with Gasteiger partial charge in [0.2, 0.25) is 6.79 Å². The maximum atomic E-state index is 13.2. The summed E-state index contributed by atoms with van der Waals surface area (Å²) in [5.74, 6) is -1.09. The van der Waals surface area contributed by atoms with Crippen molar-refractivity contribution in [2.24, 2.45) is 5.92 Å². The second-order valence-electron chi connectivity index (χ2n) is 6.50. The molecule has 0 saturated heterocycles. The van der Waals surface area contributed by atoms with Crippen LogP contribution in [0.4, 0.5) is 0 Å². The van der Waals surface area contributed by atoms with Crippen LogP contribution in [0.3, 0.4) is 0 Å². The molecule has 0 amide bonds. The fourth-order valence-electron chi connectivity index (χ4n) is 3.26. The van der Waals surface area contributed by atoms with Crippen LogP contribution in [0.25, 0.3) is 0 Å². The predicted octanol–water partition coefficient (Wildman–Crippen LogP) is 3.83. The Kier molecular flexibility index (Phi) is 4.91. The standard InChI is InChI=1S/C23H18O5/c24-21(15-7-3-1-4-8-15)20(22(25)16-9-5-2-6-10-16)23(26)17-11-12-18-19(13-17)28-14-27-18/h1-13,20,23,26H,14H2. The average molecular weight is 374 g/mol. The molecule has 1 aliphatic rings. The Morgan fingerprint density at radius 3 is 1.86 bits per heavy atom. The lowest BCUT2D eigenvalue weighted by Crippen LogP contribution is -2.30. The van der Waals surface area contributed by atoms with E-state index in [0.717, 1.165) is 0 Å². The number of benzene rings is 3. The normalized spacial score (nSPS) is 13.4. The second-order valence-corrected chi connectivity index (χ2v) is 6.50. The molecule has 1 N–H and O–H groups in total. The lowest BCUT2D eigenvalue weighted by molar-refractivity contribution is 0.0578. The number of rotatable bonds is 6. The Balaban J connectivity index is 1.74. The number of ketones is 2. The number of hydrogen-bond acceptors (Lipinski definition) is 5. The van der Waals surface area contributed by atoms with E-state index in [1.165, 1.54) is 0 Å². The highest BCUT2D eigenvalue weighted by Gasteiger charge is 2.36. The zero-order valence-corrected chi connectivity index (χ0v) is 14.9. The van der Waals surface area contributed by atoms with Crippen molar-refractivity contribution in [3.63, 3.8) is 0 Å². The predicted molar refractivity (Wildman–Crippen MR) is 103 cm³/mol. The highest BCUT2D eigenvalue weighted by Crippen LogP contribution is 2.37. The largest absolute Gasteiger partial charge is 0.454 e. The van der Waals surface area contributed by atoms with E-state index in [0.29, 0.717) is 28.2 Å². The van der Waals surface area contributed by atoms with Gasteiger partial charge in [-0.25, -0.2) is 0 Å². The molecule has 0 aromatic heterocycles. The third-order valence-corrected chi connectivity index (χ3v) is 4.74. The Hall–Kier alpha value is -3.44. The van der Waals surface area contributed by atoms with E-state index in [4.69, 9.17) is 9.47 Å². The molecule has 1 atom stereocenters. The van der Waals surface area contributed by atoms with Gasteiger partial charge < -0.3 is 14.6 Å². The quantitative estimate of drug-likeness (QED) is 0.524.